The van der Waals surface area contributed by atoms with Crippen LogP contribution in [0.4, 0.5) is 0 Å². The van der Waals surface area contributed by atoms with Crippen molar-refractivity contribution in [2.45, 2.75) is 18.0 Å². The minimum Gasteiger partial charge on any atom is -0.331 e. The van der Waals surface area contributed by atoms with Crippen molar-refractivity contribution in [3.8, 4) is 0 Å². The number of hydrogen-bond donors (Lipinski definition) is 2. The lowest BCUT2D eigenvalue weighted by molar-refractivity contribution is 0.405. The van der Waals surface area contributed by atoms with Gasteiger partial charge in [0.2, 0.25) is 0 Å². The van der Waals surface area contributed by atoms with E-state index in [-0.39, 0.29) is 0 Å². The summed E-state index contributed by atoms with van der Waals surface area (Å²) in [7, 11) is -1.01. The molecule has 0 bridgehead atoms. The van der Waals surface area contributed by atoms with Crippen LogP contribution in [0.15, 0.2) is 29.4 Å². The molecule has 0 aliphatic carbocycles. The number of rotatable bonds is 3. The van der Waals surface area contributed by atoms with Crippen molar-refractivity contribution in [2.24, 2.45) is 5.92 Å². The molecule has 0 unspecified atom stereocenters. The number of piperidine rings is 1. The van der Waals surface area contributed by atoms with Crippen molar-refractivity contribution in [2.75, 3.05) is 18.8 Å². The van der Waals surface area contributed by atoms with Gasteiger partial charge in [0, 0.05) is 5.75 Å². The molecular formula is C13H17N3OS. The molecule has 2 N–H and O–H groups in total. The molecule has 0 amide bonds. The molecule has 1 atom stereocenters. The third-order valence-corrected chi connectivity index (χ3v) is 4.83. The molecule has 1 fully saturated rings. The van der Waals surface area contributed by atoms with Crippen molar-refractivity contribution in [3.05, 3.63) is 24.3 Å². The summed E-state index contributed by atoms with van der Waals surface area (Å²) in [5.74, 6) is 1.28. The lowest BCUT2D eigenvalue weighted by atomic mass is 10.0. The minimum atomic E-state index is -1.01. The van der Waals surface area contributed by atoms with Crippen LogP contribution in [0.25, 0.3) is 11.0 Å². The number of fused-ring (bicyclic) bond motifs is 1. The third kappa shape index (κ3) is 2.47. The predicted octanol–water partition coefficient (Wildman–Crippen LogP) is 1.67. The molecule has 3 rings (SSSR count). The lowest BCUT2D eigenvalue weighted by Gasteiger charge is -2.21. The summed E-state index contributed by atoms with van der Waals surface area (Å²) in [6, 6.07) is 7.81. The fourth-order valence-corrected chi connectivity index (χ4v) is 3.72. The van der Waals surface area contributed by atoms with Gasteiger partial charge in [0.25, 0.3) is 0 Å². The van der Waals surface area contributed by atoms with Crippen molar-refractivity contribution in [1.29, 1.82) is 0 Å². The van der Waals surface area contributed by atoms with Gasteiger partial charge in [-0.05, 0) is 44.0 Å². The zero-order chi connectivity index (χ0) is 12.4. The summed E-state index contributed by atoms with van der Waals surface area (Å²) >= 11 is 0. The average Bonchev–Trinajstić information content (AvgIpc) is 2.84. The molecule has 1 aliphatic rings. The maximum Gasteiger partial charge on any atom is 0.197 e. The molecule has 4 nitrogen and oxygen atoms in total. The van der Waals surface area contributed by atoms with E-state index in [4.69, 9.17) is 0 Å². The molecule has 0 radical (unpaired) electrons. The lowest BCUT2D eigenvalue weighted by Crippen LogP contribution is -2.30. The van der Waals surface area contributed by atoms with E-state index < -0.39 is 10.8 Å². The number of nitrogens with zero attached hydrogens (tertiary/aromatic N) is 1. The van der Waals surface area contributed by atoms with E-state index in [1.54, 1.807) is 0 Å². The first kappa shape index (κ1) is 11.9. The Morgan fingerprint density at radius 2 is 2.06 bits per heavy atom. The number of nitrogens with one attached hydrogen (secondary N) is 2. The van der Waals surface area contributed by atoms with Crippen LogP contribution in [-0.2, 0) is 10.8 Å². The van der Waals surface area contributed by atoms with Gasteiger partial charge in [-0.3, -0.25) is 4.21 Å². The summed E-state index contributed by atoms with van der Waals surface area (Å²) in [6.45, 7) is 2.09. The zero-order valence-corrected chi connectivity index (χ0v) is 11.0. The summed E-state index contributed by atoms with van der Waals surface area (Å²) in [5.41, 5.74) is 1.86. The minimum absolute atomic E-state index is 0.556. The Balaban J connectivity index is 1.74. The molecule has 1 aromatic carbocycles. The molecule has 2 aromatic rings. The quantitative estimate of drug-likeness (QED) is 0.885. The summed E-state index contributed by atoms with van der Waals surface area (Å²) in [4.78, 5) is 7.56. The molecule has 96 valence electrons. The first-order valence-corrected chi connectivity index (χ1v) is 7.68. The van der Waals surface area contributed by atoms with E-state index in [1.807, 2.05) is 24.3 Å². The number of para-hydroxylation sites is 2. The van der Waals surface area contributed by atoms with Crippen molar-refractivity contribution < 1.29 is 4.21 Å². The van der Waals surface area contributed by atoms with E-state index in [2.05, 4.69) is 15.3 Å². The first-order chi connectivity index (χ1) is 8.83. The largest absolute Gasteiger partial charge is 0.331 e. The predicted molar refractivity (Wildman–Crippen MR) is 73.0 cm³/mol. The maximum absolute atomic E-state index is 12.3. The van der Waals surface area contributed by atoms with E-state index >= 15 is 0 Å². The third-order valence-electron chi connectivity index (χ3n) is 3.43. The maximum atomic E-state index is 12.3. The molecule has 1 aliphatic heterocycles. The van der Waals surface area contributed by atoms with Crippen LogP contribution >= 0.6 is 0 Å². The highest BCUT2D eigenvalue weighted by molar-refractivity contribution is 7.84. The van der Waals surface area contributed by atoms with Crippen LogP contribution in [0, 0.1) is 5.92 Å². The van der Waals surface area contributed by atoms with Crippen LogP contribution in [0.1, 0.15) is 12.8 Å². The van der Waals surface area contributed by atoms with Crippen molar-refractivity contribution in [1.82, 2.24) is 15.3 Å². The van der Waals surface area contributed by atoms with Gasteiger partial charge in [-0.1, -0.05) is 12.1 Å². The SMILES string of the molecule is O=[S@](CC1CCNCC1)c1nc2ccccc2[nH]1. The fourth-order valence-electron chi connectivity index (χ4n) is 2.38. The van der Waals surface area contributed by atoms with Crippen LogP contribution in [-0.4, -0.2) is 33.0 Å². The molecule has 1 saturated heterocycles. The van der Waals surface area contributed by atoms with E-state index in [1.165, 1.54) is 0 Å². The second-order valence-electron chi connectivity index (χ2n) is 4.76. The van der Waals surface area contributed by atoms with Crippen LogP contribution < -0.4 is 5.32 Å². The van der Waals surface area contributed by atoms with E-state index in [0.717, 1.165) is 42.7 Å². The average molecular weight is 263 g/mol. The normalized spacial score (nSPS) is 19.1. The van der Waals surface area contributed by atoms with Crippen LogP contribution in [0.2, 0.25) is 0 Å². The van der Waals surface area contributed by atoms with Gasteiger partial charge in [0.05, 0.1) is 21.8 Å². The van der Waals surface area contributed by atoms with Gasteiger partial charge in [-0.15, -0.1) is 0 Å². The standard InChI is InChI=1S/C13H17N3OS/c17-18(9-10-5-7-14-8-6-10)13-15-11-3-1-2-4-12(11)16-13/h1-4,10,14H,5-9H2,(H,15,16)/t18-/m1/s1. The highest BCUT2D eigenvalue weighted by atomic mass is 32.2. The van der Waals surface area contributed by atoms with Gasteiger partial charge in [0.1, 0.15) is 0 Å². The molecular weight excluding hydrogens is 246 g/mol. The van der Waals surface area contributed by atoms with Gasteiger partial charge >= 0.3 is 0 Å². The fraction of sp³-hybridized carbons (Fsp3) is 0.462. The monoisotopic (exact) mass is 263 g/mol. The zero-order valence-electron chi connectivity index (χ0n) is 10.2. The number of aromatic amines is 1. The van der Waals surface area contributed by atoms with E-state index in [9.17, 15) is 4.21 Å². The number of H-pyrrole nitrogens is 1. The molecule has 1 aromatic heterocycles. The summed E-state index contributed by atoms with van der Waals surface area (Å²) in [5, 5.41) is 3.95. The molecule has 5 heteroatoms. The van der Waals surface area contributed by atoms with E-state index in [0.29, 0.717) is 11.1 Å². The smallest absolute Gasteiger partial charge is 0.197 e. The number of aromatic nitrogens is 2. The van der Waals surface area contributed by atoms with Crippen LogP contribution in [0.5, 0.6) is 0 Å². The topological polar surface area (TPSA) is 57.8 Å². The second-order valence-corrected chi connectivity index (χ2v) is 6.18. The number of imidazole rings is 1. The Labute approximate surface area is 109 Å². The van der Waals surface area contributed by atoms with Crippen molar-refractivity contribution in [3.63, 3.8) is 0 Å². The van der Waals surface area contributed by atoms with Crippen molar-refractivity contribution >= 4 is 21.8 Å². The molecule has 18 heavy (non-hydrogen) atoms. The molecule has 0 saturated carbocycles. The highest BCUT2D eigenvalue weighted by Gasteiger charge is 2.18. The molecule has 0 spiro atoms. The Hall–Kier alpha value is -1.20. The van der Waals surface area contributed by atoms with Crippen LogP contribution in [0.3, 0.4) is 0 Å². The van der Waals surface area contributed by atoms with Gasteiger partial charge in [-0.25, -0.2) is 4.98 Å². The Bertz CT molecular complexity index is 527. The molecule has 2 heterocycles. The van der Waals surface area contributed by atoms with Gasteiger partial charge < -0.3 is 10.3 Å². The number of benzene rings is 1. The van der Waals surface area contributed by atoms with Gasteiger partial charge in [0.15, 0.2) is 5.16 Å². The first-order valence-electron chi connectivity index (χ1n) is 6.37. The highest BCUT2D eigenvalue weighted by Crippen LogP contribution is 2.18. The summed E-state index contributed by atoms with van der Waals surface area (Å²) in [6.07, 6.45) is 2.23. The Kier molecular flexibility index (Phi) is 3.43. The second kappa shape index (κ2) is 5.20. The Morgan fingerprint density at radius 3 is 2.83 bits per heavy atom. The summed E-state index contributed by atoms with van der Waals surface area (Å²) < 4.78 is 12.3. The van der Waals surface area contributed by atoms with Gasteiger partial charge in [-0.2, -0.15) is 0 Å². The number of hydrogen-bond acceptors (Lipinski definition) is 3. The Morgan fingerprint density at radius 1 is 1.28 bits per heavy atom.